The Balaban J connectivity index is 1.97. The van der Waals surface area contributed by atoms with Gasteiger partial charge in [0.15, 0.2) is 0 Å². The Morgan fingerprint density at radius 2 is 2.00 bits per heavy atom. The summed E-state index contributed by atoms with van der Waals surface area (Å²) in [6, 6.07) is 5.84. The molecule has 3 aromatic rings. The van der Waals surface area contributed by atoms with Crippen LogP contribution in [0.4, 0.5) is 4.39 Å². The number of fused-ring (bicyclic) bond motifs is 1. The second kappa shape index (κ2) is 8.35. The Morgan fingerprint density at radius 1 is 1.29 bits per heavy atom. The lowest BCUT2D eigenvalue weighted by molar-refractivity contribution is 0.0942. The lowest BCUT2D eigenvalue weighted by Crippen LogP contribution is -2.31. The largest absolute Gasteiger partial charge is 0.382 e. The van der Waals surface area contributed by atoms with Crippen molar-refractivity contribution in [2.75, 3.05) is 19.8 Å². The van der Waals surface area contributed by atoms with Crippen LogP contribution in [-0.4, -0.2) is 40.0 Å². The molecular formula is C20H23FN4O3. The highest BCUT2D eigenvalue weighted by Crippen LogP contribution is 2.20. The zero-order chi connectivity index (χ0) is 20.3. The fraction of sp³-hybridized carbons (Fsp3) is 0.350. The molecule has 2 aromatic heterocycles. The number of aromatic nitrogens is 3. The number of ether oxygens (including phenoxy) is 1. The van der Waals surface area contributed by atoms with Gasteiger partial charge < -0.3 is 14.6 Å². The van der Waals surface area contributed by atoms with E-state index in [1.807, 2.05) is 6.92 Å². The predicted molar refractivity (Wildman–Crippen MR) is 104 cm³/mol. The van der Waals surface area contributed by atoms with Crippen LogP contribution in [0.25, 0.3) is 16.7 Å². The normalized spacial score (nSPS) is 11.1. The Labute approximate surface area is 161 Å². The molecule has 1 aromatic carbocycles. The molecule has 0 unspecified atom stereocenters. The molecule has 0 radical (unpaired) electrons. The van der Waals surface area contributed by atoms with Gasteiger partial charge in [0.2, 0.25) is 5.43 Å². The maximum atomic E-state index is 13.2. The van der Waals surface area contributed by atoms with Crippen molar-refractivity contribution >= 4 is 16.9 Å². The summed E-state index contributed by atoms with van der Waals surface area (Å²) < 4.78 is 21.7. The van der Waals surface area contributed by atoms with Crippen LogP contribution in [0, 0.1) is 12.7 Å². The third-order valence-corrected chi connectivity index (χ3v) is 4.44. The summed E-state index contributed by atoms with van der Waals surface area (Å²) in [4.78, 5) is 25.5. The number of hydrogen-bond acceptors (Lipinski definition) is 4. The van der Waals surface area contributed by atoms with E-state index >= 15 is 0 Å². The monoisotopic (exact) mass is 386 g/mol. The van der Waals surface area contributed by atoms with Crippen LogP contribution in [0.3, 0.4) is 0 Å². The first kappa shape index (κ1) is 19.8. The van der Waals surface area contributed by atoms with Crippen molar-refractivity contribution in [2.24, 2.45) is 7.05 Å². The molecule has 2 heterocycles. The molecule has 0 atom stereocenters. The van der Waals surface area contributed by atoms with Crippen molar-refractivity contribution < 1.29 is 13.9 Å². The first-order valence-corrected chi connectivity index (χ1v) is 9.15. The van der Waals surface area contributed by atoms with Crippen molar-refractivity contribution in [3.05, 3.63) is 57.8 Å². The third kappa shape index (κ3) is 3.82. The molecule has 0 aliphatic carbocycles. The van der Waals surface area contributed by atoms with E-state index in [2.05, 4.69) is 10.4 Å². The number of amides is 1. The molecule has 28 heavy (non-hydrogen) atoms. The van der Waals surface area contributed by atoms with Crippen molar-refractivity contribution in [3.8, 4) is 5.69 Å². The Bertz CT molecular complexity index is 1050. The van der Waals surface area contributed by atoms with Crippen LogP contribution in [0.5, 0.6) is 0 Å². The number of carbonyl (C=O) groups excluding carboxylic acids is 1. The van der Waals surface area contributed by atoms with Gasteiger partial charge in [-0.05, 0) is 44.5 Å². The molecule has 7 nitrogen and oxygen atoms in total. The van der Waals surface area contributed by atoms with E-state index < -0.39 is 5.91 Å². The van der Waals surface area contributed by atoms with Gasteiger partial charge in [0.1, 0.15) is 17.0 Å². The van der Waals surface area contributed by atoms with E-state index in [1.165, 1.54) is 18.3 Å². The molecule has 0 aliphatic rings. The Morgan fingerprint density at radius 3 is 2.68 bits per heavy atom. The minimum absolute atomic E-state index is 0.0631. The second-order valence-corrected chi connectivity index (χ2v) is 6.46. The predicted octanol–water partition coefficient (Wildman–Crippen LogP) is 2.33. The Hall–Kier alpha value is -3.00. The number of halogens is 1. The molecule has 1 N–H and O–H groups in total. The van der Waals surface area contributed by atoms with Gasteiger partial charge in [-0.1, -0.05) is 0 Å². The SMILES string of the molecule is CCOCCCNC(=O)c1cn(C)c2c(c(C)nn2-c2ccc(F)cc2)c1=O. The Kier molecular flexibility index (Phi) is 5.89. The first-order chi connectivity index (χ1) is 13.4. The zero-order valence-corrected chi connectivity index (χ0v) is 16.2. The van der Waals surface area contributed by atoms with Gasteiger partial charge in [0.05, 0.1) is 16.8 Å². The van der Waals surface area contributed by atoms with E-state index in [-0.39, 0.29) is 16.8 Å². The maximum Gasteiger partial charge on any atom is 0.256 e. The van der Waals surface area contributed by atoms with Crippen LogP contribution in [0.1, 0.15) is 29.4 Å². The lowest BCUT2D eigenvalue weighted by atomic mass is 10.1. The smallest absolute Gasteiger partial charge is 0.256 e. The molecule has 148 valence electrons. The molecule has 0 aliphatic heterocycles. The van der Waals surface area contributed by atoms with E-state index in [1.54, 1.807) is 35.4 Å². The van der Waals surface area contributed by atoms with Crippen LogP contribution < -0.4 is 10.7 Å². The first-order valence-electron chi connectivity index (χ1n) is 9.15. The quantitative estimate of drug-likeness (QED) is 0.632. The highest BCUT2D eigenvalue weighted by atomic mass is 19.1. The van der Waals surface area contributed by atoms with Gasteiger partial charge in [-0.3, -0.25) is 9.59 Å². The number of pyridine rings is 1. The highest BCUT2D eigenvalue weighted by Gasteiger charge is 2.20. The summed E-state index contributed by atoms with van der Waals surface area (Å²) >= 11 is 0. The van der Waals surface area contributed by atoms with E-state index in [0.717, 1.165) is 0 Å². The average Bonchev–Trinajstić information content (AvgIpc) is 3.03. The van der Waals surface area contributed by atoms with Crippen molar-refractivity contribution in [1.29, 1.82) is 0 Å². The standard InChI is InChI=1S/C20H23FN4O3/c1-4-28-11-5-10-22-19(27)16-12-24(3)20-17(18(16)26)13(2)23-25(20)15-8-6-14(21)7-9-15/h6-9,12H,4-5,10-11H2,1-3H3,(H,22,27). The summed E-state index contributed by atoms with van der Waals surface area (Å²) in [7, 11) is 1.74. The summed E-state index contributed by atoms with van der Waals surface area (Å²) in [5.74, 6) is -0.776. The molecule has 0 fully saturated rings. The fourth-order valence-corrected chi connectivity index (χ4v) is 3.09. The molecule has 0 bridgehead atoms. The summed E-state index contributed by atoms with van der Waals surface area (Å²) in [6.07, 6.45) is 2.17. The maximum absolute atomic E-state index is 13.2. The van der Waals surface area contributed by atoms with Gasteiger partial charge in [-0.2, -0.15) is 5.10 Å². The third-order valence-electron chi connectivity index (χ3n) is 4.44. The second-order valence-electron chi connectivity index (χ2n) is 6.46. The van der Waals surface area contributed by atoms with Crippen molar-refractivity contribution in [3.63, 3.8) is 0 Å². The van der Waals surface area contributed by atoms with Crippen molar-refractivity contribution in [1.82, 2.24) is 19.7 Å². The van der Waals surface area contributed by atoms with Crippen molar-refractivity contribution in [2.45, 2.75) is 20.3 Å². The van der Waals surface area contributed by atoms with Crippen LogP contribution in [0.15, 0.2) is 35.3 Å². The van der Waals surface area contributed by atoms with E-state index in [9.17, 15) is 14.0 Å². The molecular weight excluding hydrogens is 363 g/mol. The molecule has 3 rings (SSSR count). The summed E-state index contributed by atoms with van der Waals surface area (Å²) in [6.45, 7) is 5.23. The number of rotatable bonds is 7. The number of nitrogens with one attached hydrogen (secondary N) is 1. The number of hydrogen-bond donors (Lipinski definition) is 1. The molecule has 0 saturated carbocycles. The van der Waals surface area contributed by atoms with E-state index in [0.29, 0.717) is 48.6 Å². The van der Waals surface area contributed by atoms with Gasteiger partial charge in [0.25, 0.3) is 5.91 Å². The van der Waals surface area contributed by atoms with Gasteiger partial charge in [0, 0.05) is 33.0 Å². The average molecular weight is 386 g/mol. The minimum Gasteiger partial charge on any atom is -0.382 e. The molecule has 0 spiro atoms. The highest BCUT2D eigenvalue weighted by molar-refractivity contribution is 5.97. The molecule has 1 amide bonds. The minimum atomic E-state index is -0.423. The summed E-state index contributed by atoms with van der Waals surface area (Å²) in [5, 5.41) is 7.56. The zero-order valence-electron chi connectivity index (χ0n) is 16.2. The lowest BCUT2D eigenvalue weighted by Gasteiger charge is -2.10. The molecule has 0 saturated heterocycles. The number of aryl methyl sites for hydroxylation is 2. The van der Waals surface area contributed by atoms with Gasteiger partial charge in [-0.15, -0.1) is 0 Å². The number of nitrogens with zero attached hydrogens (tertiary/aromatic N) is 3. The van der Waals surface area contributed by atoms with Gasteiger partial charge >= 0.3 is 0 Å². The van der Waals surface area contributed by atoms with E-state index in [4.69, 9.17) is 4.74 Å². The summed E-state index contributed by atoms with van der Waals surface area (Å²) in [5.41, 5.74) is 1.37. The number of benzene rings is 1. The topological polar surface area (TPSA) is 78.2 Å². The fourth-order valence-electron chi connectivity index (χ4n) is 3.09. The number of carbonyl (C=O) groups is 1. The van der Waals surface area contributed by atoms with Gasteiger partial charge in [-0.25, -0.2) is 9.07 Å². The van der Waals surface area contributed by atoms with Crippen LogP contribution in [0.2, 0.25) is 0 Å². The van der Waals surface area contributed by atoms with Crippen LogP contribution >= 0.6 is 0 Å². The van der Waals surface area contributed by atoms with Crippen LogP contribution in [-0.2, 0) is 11.8 Å². The molecule has 8 heteroatoms.